The molecule has 1 saturated heterocycles. The van der Waals surface area contributed by atoms with Crippen LogP contribution in [0.5, 0.6) is 0 Å². The summed E-state index contributed by atoms with van der Waals surface area (Å²) in [5, 5.41) is 34.5. The van der Waals surface area contributed by atoms with E-state index in [2.05, 4.69) is 47.6 Å². The first kappa shape index (κ1) is 28.2. The van der Waals surface area contributed by atoms with Gasteiger partial charge in [0.05, 0.1) is 28.8 Å². The average Bonchev–Trinajstić information content (AvgIpc) is 3.52. The molecule has 4 heterocycles. The molecule has 40 heavy (non-hydrogen) atoms. The third kappa shape index (κ3) is 7.63. The smallest absolute Gasteiger partial charge is 0.200 e. The van der Waals surface area contributed by atoms with E-state index in [-0.39, 0.29) is 0 Å². The number of hydrogen-bond acceptors (Lipinski definition) is 11. The normalized spacial score (nSPS) is 20.5. The van der Waals surface area contributed by atoms with Crippen molar-refractivity contribution >= 4 is 23.2 Å². The molecule has 1 saturated carbocycles. The Morgan fingerprint density at radius 2 is 1.98 bits per heavy atom. The molecule has 0 radical (unpaired) electrons. The highest BCUT2D eigenvalue weighted by molar-refractivity contribution is 6.33. The Kier molecular flexibility index (Phi) is 9.72. The first-order valence-corrected chi connectivity index (χ1v) is 14.2. The maximum Gasteiger partial charge on any atom is 0.200 e. The lowest BCUT2D eigenvalue weighted by molar-refractivity contribution is 0.0455. The zero-order chi connectivity index (χ0) is 27.6. The number of ether oxygens (including phenoxy) is 2. The third-order valence-corrected chi connectivity index (χ3v) is 7.86. The highest BCUT2D eigenvalue weighted by Gasteiger charge is 2.32. The number of halogens is 1. The Bertz CT molecular complexity index is 1250. The van der Waals surface area contributed by atoms with Gasteiger partial charge >= 0.3 is 0 Å². The van der Waals surface area contributed by atoms with Gasteiger partial charge in [-0.15, -0.1) is 10.2 Å². The summed E-state index contributed by atoms with van der Waals surface area (Å²) < 4.78 is 11.0. The van der Waals surface area contributed by atoms with E-state index in [1.54, 1.807) is 6.20 Å². The topological polar surface area (TPSA) is 159 Å². The van der Waals surface area contributed by atoms with Crippen LogP contribution in [0.15, 0.2) is 30.5 Å². The Morgan fingerprint density at radius 3 is 2.75 bits per heavy atom. The Morgan fingerprint density at radius 1 is 1.15 bits per heavy atom. The van der Waals surface area contributed by atoms with Gasteiger partial charge in [-0.3, -0.25) is 0 Å². The van der Waals surface area contributed by atoms with E-state index in [1.807, 2.05) is 24.3 Å². The number of aromatic nitrogens is 6. The molecule has 212 valence electrons. The predicted octanol–water partition coefficient (Wildman–Crippen LogP) is 3.57. The zero-order valence-corrected chi connectivity index (χ0v) is 23.2. The number of anilines is 2. The van der Waals surface area contributed by atoms with Crippen molar-refractivity contribution < 1.29 is 9.47 Å². The van der Waals surface area contributed by atoms with E-state index < -0.39 is 5.41 Å². The van der Waals surface area contributed by atoms with Crippen molar-refractivity contribution in [1.82, 2.24) is 35.9 Å². The standard InChI is InChI=1S/C27H35ClN10O2/c28-22-15-31-25(33-20-6-4-19(5-7-20)30-10-13-40-16-26-35-37-38-36-26)14-21(22)23-2-1-3-24(34-23)32-18-27(17-29)8-11-39-12-9-27/h1-3,14-15,19-20,30H,4-13,16,18H2,(H,31,33)(H,32,34)(H,35,36,37,38)/t19-,20-. The summed E-state index contributed by atoms with van der Waals surface area (Å²) in [5.74, 6) is 2.06. The molecule has 5 rings (SSSR count). The highest BCUT2D eigenvalue weighted by Crippen LogP contribution is 2.32. The third-order valence-electron chi connectivity index (χ3n) is 7.55. The van der Waals surface area contributed by atoms with Crippen LogP contribution in [0.4, 0.5) is 11.6 Å². The van der Waals surface area contributed by atoms with Gasteiger partial charge < -0.3 is 25.4 Å². The van der Waals surface area contributed by atoms with Crippen LogP contribution < -0.4 is 16.0 Å². The fourth-order valence-electron chi connectivity index (χ4n) is 5.14. The minimum Gasteiger partial charge on any atom is -0.381 e. The number of nitriles is 1. The maximum atomic E-state index is 9.74. The van der Waals surface area contributed by atoms with Gasteiger partial charge in [0.2, 0.25) is 0 Å². The number of pyridine rings is 2. The lowest BCUT2D eigenvalue weighted by Crippen LogP contribution is -2.38. The molecule has 0 atom stereocenters. The van der Waals surface area contributed by atoms with Crippen molar-refractivity contribution in [3.63, 3.8) is 0 Å². The van der Waals surface area contributed by atoms with Gasteiger partial charge in [-0.2, -0.15) is 10.5 Å². The van der Waals surface area contributed by atoms with Crippen molar-refractivity contribution in [3.05, 3.63) is 41.3 Å². The number of hydrogen-bond donors (Lipinski definition) is 4. The van der Waals surface area contributed by atoms with Crippen LogP contribution in [0.25, 0.3) is 11.3 Å². The van der Waals surface area contributed by atoms with Crippen LogP contribution in [0.3, 0.4) is 0 Å². The Balaban J connectivity index is 1.10. The molecule has 0 bridgehead atoms. The fraction of sp³-hybridized carbons (Fsp3) is 0.556. The molecule has 2 fully saturated rings. The average molecular weight is 567 g/mol. The lowest BCUT2D eigenvalue weighted by Gasteiger charge is -2.30. The van der Waals surface area contributed by atoms with Gasteiger partial charge in [-0.25, -0.2) is 9.97 Å². The Labute approximate surface area is 238 Å². The van der Waals surface area contributed by atoms with Crippen LogP contribution in [0.1, 0.15) is 44.3 Å². The largest absolute Gasteiger partial charge is 0.381 e. The van der Waals surface area contributed by atoms with Gasteiger partial charge in [0.15, 0.2) is 5.82 Å². The van der Waals surface area contributed by atoms with Crippen molar-refractivity contribution in [2.75, 3.05) is 43.5 Å². The molecule has 0 amide bonds. The van der Waals surface area contributed by atoms with Crippen LogP contribution in [-0.2, 0) is 16.1 Å². The number of nitrogens with one attached hydrogen (secondary N) is 4. The highest BCUT2D eigenvalue weighted by atomic mass is 35.5. The van der Waals surface area contributed by atoms with E-state index in [4.69, 9.17) is 26.1 Å². The first-order valence-electron chi connectivity index (χ1n) is 13.8. The lowest BCUT2D eigenvalue weighted by atomic mass is 9.82. The molecular formula is C27H35ClN10O2. The molecule has 0 unspecified atom stereocenters. The number of aromatic amines is 1. The molecule has 1 aliphatic carbocycles. The van der Waals surface area contributed by atoms with E-state index >= 15 is 0 Å². The van der Waals surface area contributed by atoms with E-state index in [0.717, 1.165) is 62.1 Å². The minimum atomic E-state index is -0.431. The van der Waals surface area contributed by atoms with Crippen molar-refractivity contribution in [2.45, 2.75) is 57.2 Å². The predicted molar refractivity (Wildman–Crippen MR) is 151 cm³/mol. The zero-order valence-electron chi connectivity index (χ0n) is 22.4. The number of tetrazole rings is 1. The number of H-pyrrole nitrogens is 1. The van der Waals surface area contributed by atoms with Crippen molar-refractivity contribution in [2.24, 2.45) is 5.41 Å². The summed E-state index contributed by atoms with van der Waals surface area (Å²) in [5.41, 5.74) is 1.15. The summed E-state index contributed by atoms with van der Waals surface area (Å²) in [6.45, 7) is 3.51. The fourth-order valence-corrected chi connectivity index (χ4v) is 5.34. The van der Waals surface area contributed by atoms with Crippen molar-refractivity contribution in [3.8, 4) is 17.3 Å². The van der Waals surface area contributed by atoms with Crippen LogP contribution in [-0.4, -0.2) is 75.6 Å². The van der Waals surface area contributed by atoms with E-state index in [9.17, 15) is 5.26 Å². The summed E-state index contributed by atoms with van der Waals surface area (Å²) in [6, 6.07) is 11.1. The second-order valence-corrected chi connectivity index (χ2v) is 10.8. The summed E-state index contributed by atoms with van der Waals surface area (Å²) in [6.07, 6.45) is 7.36. The number of rotatable bonds is 12. The molecule has 13 heteroatoms. The molecule has 3 aromatic rings. The second kappa shape index (κ2) is 13.8. The maximum absolute atomic E-state index is 9.74. The molecule has 4 N–H and O–H groups in total. The SMILES string of the molecule is N#CC1(CNc2cccc(-c3cc(N[C@H]4CC[C@H](NCCOCc5nn[nH]n5)CC4)ncc3Cl)n2)CCOCC1. The van der Waals surface area contributed by atoms with E-state index in [1.165, 1.54) is 0 Å². The van der Waals surface area contributed by atoms with Gasteiger partial charge in [-0.05, 0) is 56.7 Å². The van der Waals surface area contributed by atoms with Crippen LogP contribution in [0.2, 0.25) is 5.02 Å². The minimum absolute atomic E-state index is 0.344. The Hall–Kier alpha value is -3.37. The van der Waals surface area contributed by atoms with Crippen LogP contribution >= 0.6 is 11.6 Å². The summed E-state index contributed by atoms with van der Waals surface area (Å²) in [4.78, 5) is 9.31. The summed E-state index contributed by atoms with van der Waals surface area (Å²) in [7, 11) is 0. The van der Waals surface area contributed by atoms with Gasteiger partial charge in [0.25, 0.3) is 0 Å². The molecule has 3 aromatic heterocycles. The van der Waals surface area contributed by atoms with Gasteiger partial charge in [0, 0.05) is 50.1 Å². The molecule has 12 nitrogen and oxygen atoms in total. The summed E-state index contributed by atoms with van der Waals surface area (Å²) >= 11 is 6.55. The van der Waals surface area contributed by atoms with Gasteiger partial charge in [0.1, 0.15) is 18.2 Å². The molecule has 1 aliphatic heterocycles. The molecule has 0 spiro atoms. The molecular weight excluding hydrogens is 532 g/mol. The van der Waals surface area contributed by atoms with Crippen molar-refractivity contribution in [1.29, 1.82) is 5.26 Å². The van der Waals surface area contributed by atoms with E-state index in [0.29, 0.717) is 61.7 Å². The second-order valence-electron chi connectivity index (χ2n) is 10.3. The number of nitrogens with zero attached hydrogens (tertiary/aromatic N) is 6. The first-order chi connectivity index (χ1) is 19.6. The van der Waals surface area contributed by atoms with Gasteiger partial charge in [-0.1, -0.05) is 22.9 Å². The quantitative estimate of drug-likeness (QED) is 0.237. The molecule has 0 aromatic carbocycles. The monoisotopic (exact) mass is 566 g/mol. The van der Waals surface area contributed by atoms with Crippen LogP contribution in [0, 0.1) is 16.7 Å². The molecule has 2 aliphatic rings.